The molecule has 0 saturated carbocycles. The Morgan fingerprint density at radius 2 is 1.74 bits per heavy atom. The van der Waals surface area contributed by atoms with Crippen LogP contribution >= 0.6 is 0 Å². The number of hydrogen-bond donors (Lipinski definition) is 2. The Morgan fingerprint density at radius 3 is 2.58 bits per heavy atom. The van der Waals surface area contributed by atoms with Crippen LogP contribution in [0.5, 0.6) is 0 Å². The molecule has 0 fully saturated rings. The lowest BCUT2D eigenvalue weighted by atomic mass is 9.84. The van der Waals surface area contributed by atoms with Crippen LogP contribution in [-0.2, 0) is 11.3 Å². The summed E-state index contributed by atoms with van der Waals surface area (Å²) in [7, 11) is 2.08. The fraction of sp³-hybridized carbons (Fsp3) is 0.154. The molecule has 1 amide bonds. The largest absolute Gasteiger partial charge is 0.360 e. The van der Waals surface area contributed by atoms with Gasteiger partial charge in [-0.1, -0.05) is 60.7 Å². The lowest BCUT2D eigenvalue weighted by molar-refractivity contribution is -0.112. The topological polar surface area (TPSA) is 65.2 Å². The molecule has 2 N–H and O–H groups in total. The van der Waals surface area contributed by atoms with E-state index in [9.17, 15) is 9.59 Å². The second kappa shape index (κ2) is 7.85. The summed E-state index contributed by atoms with van der Waals surface area (Å²) < 4.78 is 0. The molecule has 3 aromatic carbocycles. The molecular weight excluding hydrogens is 386 g/mol. The average molecular weight is 409 g/mol. The van der Waals surface area contributed by atoms with Crippen molar-refractivity contribution in [2.45, 2.75) is 12.5 Å². The number of fused-ring (bicyclic) bond motifs is 2. The molecule has 1 aliphatic heterocycles. The zero-order valence-corrected chi connectivity index (χ0v) is 17.3. The SMILES string of the molecule is CN1Cc2c(NC(=O)C(=O)c3c[nH]c4ccccc34)cccc2C(c2ccccc2)C1. The van der Waals surface area contributed by atoms with E-state index in [1.807, 2.05) is 42.5 Å². The standard InChI is InChI=1S/C26H23N3O2/c1-29-15-21(17-8-3-2-4-9-17)18-11-7-13-24(22(18)16-29)28-26(31)25(30)20-14-27-23-12-6-5-10-19(20)23/h2-14,21,27H,15-16H2,1H3,(H,28,31). The number of para-hydroxylation sites is 1. The molecule has 1 aliphatic rings. The Morgan fingerprint density at radius 1 is 0.968 bits per heavy atom. The van der Waals surface area contributed by atoms with Crippen LogP contribution in [0.25, 0.3) is 10.9 Å². The first kappa shape index (κ1) is 19.3. The molecule has 0 saturated heterocycles. The number of anilines is 1. The number of carbonyl (C=O) groups excluding carboxylic acids is 2. The predicted octanol–water partition coefficient (Wildman–Crippen LogP) is 4.57. The molecule has 31 heavy (non-hydrogen) atoms. The zero-order valence-electron chi connectivity index (χ0n) is 17.3. The number of aromatic nitrogens is 1. The molecule has 2 heterocycles. The van der Waals surface area contributed by atoms with E-state index in [-0.39, 0.29) is 5.92 Å². The second-order valence-corrected chi connectivity index (χ2v) is 8.06. The van der Waals surface area contributed by atoms with Crippen molar-refractivity contribution in [1.29, 1.82) is 0 Å². The average Bonchev–Trinajstić information content (AvgIpc) is 3.23. The second-order valence-electron chi connectivity index (χ2n) is 8.06. The third-order valence-electron chi connectivity index (χ3n) is 6.00. The highest BCUT2D eigenvalue weighted by Gasteiger charge is 2.28. The van der Waals surface area contributed by atoms with Gasteiger partial charge in [0.15, 0.2) is 0 Å². The number of rotatable bonds is 4. The van der Waals surface area contributed by atoms with E-state index in [1.54, 1.807) is 6.20 Å². The Labute approximate surface area is 180 Å². The Hall–Kier alpha value is -3.70. The number of carbonyl (C=O) groups is 2. The number of likely N-dealkylation sites (N-methyl/N-ethyl adjacent to an activating group) is 1. The van der Waals surface area contributed by atoms with E-state index in [2.05, 4.69) is 52.6 Å². The summed E-state index contributed by atoms with van der Waals surface area (Å²) in [6.07, 6.45) is 1.60. The maximum absolute atomic E-state index is 12.9. The summed E-state index contributed by atoms with van der Waals surface area (Å²) in [5.41, 5.74) is 5.42. The van der Waals surface area contributed by atoms with Crippen molar-refractivity contribution < 1.29 is 9.59 Å². The van der Waals surface area contributed by atoms with Crippen LogP contribution in [0.15, 0.2) is 79.0 Å². The quantitative estimate of drug-likeness (QED) is 0.383. The van der Waals surface area contributed by atoms with Gasteiger partial charge in [0.25, 0.3) is 11.7 Å². The minimum atomic E-state index is -0.623. The van der Waals surface area contributed by atoms with Gasteiger partial charge in [0.05, 0.1) is 5.56 Å². The molecule has 1 aromatic heterocycles. The highest BCUT2D eigenvalue weighted by atomic mass is 16.2. The summed E-state index contributed by atoms with van der Waals surface area (Å²) in [5.74, 6) is -0.947. The molecule has 0 spiro atoms. The van der Waals surface area contributed by atoms with Crippen LogP contribution in [-0.4, -0.2) is 35.2 Å². The van der Waals surface area contributed by atoms with Crippen molar-refractivity contribution >= 4 is 28.3 Å². The molecular formula is C26H23N3O2. The van der Waals surface area contributed by atoms with Crippen molar-refractivity contribution in [2.24, 2.45) is 0 Å². The van der Waals surface area contributed by atoms with E-state index in [4.69, 9.17) is 0 Å². The molecule has 4 aromatic rings. The molecule has 5 nitrogen and oxygen atoms in total. The Kier molecular flexibility index (Phi) is 4.88. The lowest BCUT2D eigenvalue weighted by Gasteiger charge is -2.34. The Balaban J connectivity index is 1.46. The van der Waals surface area contributed by atoms with Gasteiger partial charge in [0.2, 0.25) is 0 Å². The van der Waals surface area contributed by atoms with Gasteiger partial charge in [-0.15, -0.1) is 0 Å². The number of ketones is 1. The third-order valence-corrected chi connectivity index (χ3v) is 6.00. The van der Waals surface area contributed by atoms with Crippen LogP contribution < -0.4 is 5.32 Å². The predicted molar refractivity (Wildman–Crippen MR) is 122 cm³/mol. The number of amides is 1. The van der Waals surface area contributed by atoms with Crippen molar-refractivity contribution in [3.8, 4) is 0 Å². The summed E-state index contributed by atoms with van der Waals surface area (Å²) >= 11 is 0. The number of nitrogens with one attached hydrogen (secondary N) is 2. The normalized spacial score (nSPS) is 16.1. The van der Waals surface area contributed by atoms with Gasteiger partial charge in [0, 0.05) is 41.8 Å². The molecule has 0 aliphatic carbocycles. The Bertz CT molecular complexity index is 1280. The lowest BCUT2D eigenvalue weighted by Crippen LogP contribution is -2.32. The zero-order chi connectivity index (χ0) is 21.4. The van der Waals surface area contributed by atoms with Crippen molar-refractivity contribution in [3.63, 3.8) is 0 Å². The van der Waals surface area contributed by atoms with Crippen LogP contribution in [0.4, 0.5) is 5.69 Å². The van der Waals surface area contributed by atoms with Crippen molar-refractivity contribution in [3.05, 3.63) is 101 Å². The molecule has 1 unspecified atom stereocenters. The van der Waals surface area contributed by atoms with Gasteiger partial charge in [-0.3, -0.25) is 9.59 Å². The number of H-pyrrole nitrogens is 1. The van der Waals surface area contributed by atoms with Crippen molar-refractivity contribution in [1.82, 2.24) is 9.88 Å². The number of aromatic amines is 1. The molecule has 5 rings (SSSR count). The van der Waals surface area contributed by atoms with Gasteiger partial charge < -0.3 is 15.2 Å². The van der Waals surface area contributed by atoms with E-state index >= 15 is 0 Å². The smallest absolute Gasteiger partial charge is 0.296 e. The van der Waals surface area contributed by atoms with E-state index in [0.717, 1.165) is 29.6 Å². The first-order valence-corrected chi connectivity index (χ1v) is 10.4. The van der Waals surface area contributed by atoms with Gasteiger partial charge in [-0.2, -0.15) is 0 Å². The molecule has 0 radical (unpaired) electrons. The fourth-order valence-electron chi connectivity index (χ4n) is 4.50. The summed E-state index contributed by atoms with van der Waals surface area (Å²) in [6.45, 7) is 1.62. The molecule has 1 atom stereocenters. The van der Waals surface area contributed by atoms with Gasteiger partial charge in [0.1, 0.15) is 0 Å². The first-order chi connectivity index (χ1) is 15.1. The highest BCUT2D eigenvalue weighted by Crippen LogP contribution is 2.36. The number of Topliss-reactive ketones (excluding diaryl/α,β-unsaturated/α-hetero) is 1. The van der Waals surface area contributed by atoms with Crippen molar-refractivity contribution in [2.75, 3.05) is 18.9 Å². The maximum atomic E-state index is 12.9. The van der Waals surface area contributed by atoms with Gasteiger partial charge >= 0.3 is 0 Å². The summed E-state index contributed by atoms with van der Waals surface area (Å²) in [4.78, 5) is 31.1. The fourth-order valence-corrected chi connectivity index (χ4v) is 4.50. The van der Waals surface area contributed by atoms with E-state index in [0.29, 0.717) is 11.3 Å². The first-order valence-electron chi connectivity index (χ1n) is 10.4. The monoisotopic (exact) mass is 409 g/mol. The van der Waals surface area contributed by atoms with Gasteiger partial charge in [-0.05, 0) is 35.9 Å². The van der Waals surface area contributed by atoms with Crippen LogP contribution in [0.3, 0.4) is 0 Å². The van der Waals surface area contributed by atoms with Crippen LogP contribution in [0.2, 0.25) is 0 Å². The van der Waals surface area contributed by atoms with E-state index < -0.39 is 11.7 Å². The summed E-state index contributed by atoms with van der Waals surface area (Å²) in [5, 5.41) is 3.64. The minimum Gasteiger partial charge on any atom is -0.360 e. The highest BCUT2D eigenvalue weighted by molar-refractivity contribution is 6.48. The van der Waals surface area contributed by atoms with Crippen LogP contribution in [0.1, 0.15) is 33.0 Å². The minimum absolute atomic E-state index is 0.219. The number of nitrogens with zero attached hydrogens (tertiary/aromatic N) is 1. The van der Waals surface area contributed by atoms with E-state index in [1.165, 1.54) is 11.1 Å². The number of benzene rings is 3. The molecule has 5 heteroatoms. The number of hydrogen-bond acceptors (Lipinski definition) is 3. The molecule has 0 bridgehead atoms. The van der Waals surface area contributed by atoms with Crippen LogP contribution in [0, 0.1) is 0 Å². The van der Waals surface area contributed by atoms with Gasteiger partial charge in [-0.25, -0.2) is 0 Å². The summed E-state index contributed by atoms with van der Waals surface area (Å²) in [6, 6.07) is 23.8. The third kappa shape index (κ3) is 3.53. The maximum Gasteiger partial charge on any atom is 0.296 e. The molecule has 154 valence electrons.